The van der Waals surface area contributed by atoms with Gasteiger partial charge in [-0.05, 0) is 32.0 Å². The molecular weight excluding hydrogens is 303 g/mol. The molecule has 0 bridgehead atoms. The number of anilines is 1. The van der Waals surface area contributed by atoms with Crippen molar-refractivity contribution in [2.45, 2.75) is 19.4 Å². The number of halogens is 2. The van der Waals surface area contributed by atoms with Crippen LogP contribution in [0.1, 0.15) is 13.8 Å². The third kappa shape index (κ3) is 4.57. The van der Waals surface area contributed by atoms with Gasteiger partial charge in [-0.15, -0.1) is 0 Å². The van der Waals surface area contributed by atoms with E-state index in [1.807, 2.05) is 5.48 Å². The minimum absolute atomic E-state index is 0.298. The maximum Gasteiger partial charge on any atom is 0.333 e. The molecule has 0 aromatic heterocycles. The first kappa shape index (κ1) is 16.6. The summed E-state index contributed by atoms with van der Waals surface area (Å²) in [6.45, 7) is 7.04. The topological polar surface area (TPSA) is 85.4 Å². The normalized spacial score (nSPS) is 10.8. The van der Waals surface area contributed by atoms with Gasteiger partial charge in [0.1, 0.15) is 0 Å². The molecule has 0 spiro atoms. The number of benzene rings is 1. The van der Waals surface area contributed by atoms with Crippen LogP contribution in [0, 0.1) is 0 Å². The van der Waals surface area contributed by atoms with Crippen molar-refractivity contribution in [2.24, 2.45) is 0 Å². The Balaban J connectivity index is 2.56. The average molecular weight is 319 g/mol. The Hall–Kier alpha value is -1.47. The summed E-state index contributed by atoms with van der Waals surface area (Å²) in [5.41, 5.74) is 7.12. The molecule has 0 aliphatic heterocycles. The Kier molecular flexibility index (Phi) is 5.64. The van der Waals surface area contributed by atoms with Gasteiger partial charge in [0.25, 0.3) is 0 Å². The summed E-state index contributed by atoms with van der Waals surface area (Å²) in [6.07, 6.45) is 0. The van der Waals surface area contributed by atoms with Crippen LogP contribution in [-0.4, -0.2) is 16.8 Å². The number of carbonyl (C=O) groups is 1. The van der Waals surface area contributed by atoms with E-state index in [9.17, 15) is 4.79 Å². The zero-order chi connectivity index (χ0) is 15.3. The smallest absolute Gasteiger partial charge is 0.307 e. The third-order valence-corrected chi connectivity index (χ3v) is 3.29. The highest BCUT2D eigenvalue weighted by atomic mass is 35.5. The molecule has 1 aromatic carbocycles. The first-order valence-corrected chi connectivity index (χ1v) is 6.40. The van der Waals surface area contributed by atoms with Crippen molar-refractivity contribution in [1.82, 2.24) is 16.3 Å². The summed E-state index contributed by atoms with van der Waals surface area (Å²) in [5.74, 6) is 0. The van der Waals surface area contributed by atoms with Crippen LogP contribution in [-0.2, 0) is 0 Å². The maximum absolute atomic E-state index is 11.7. The minimum Gasteiger partial charge on any atom is -0.307 e. The van der Waals surface area contributed by atoms with Crippen molar-refractivity contribution in [2.75, 3.05) is 5.32 Å². The lowest BCUT2D eigenvalue weighted by Crippen LogP contribution is -2.54. The molecule has 110 valence electrons. The molecule has 0 aliphatic rings. The van der Waals surface area contributed by atoms with Gasteiger partial charge in [0.2, 0.25) is 0 Å². The molecule has 8 heteroatoms. The van der Waals surface area contributed by atoms with Crippen LogP contribution in [0.25, 0.3) is 0 Å². The minimum atomic E-state index is -0.746. The summed E-state index contributed by atoms with van der Waals surface area (Å²) in [4.78, 5) is 11.7. The lowest BCUT2D eigenvalue weighted by atomic mass is 10.0. The summed E-state index contributed by atoms with van der Waals surface area (Å²) in [5, 5.41) is 12.1. The van der Waals surface area contributed by atoms with Crippen LogP contribution in [0.5, 0.6) is 0 Å². The fraction of sp³-hybridized carbons (Fsp3) is 0.250. The van der Waals surface area contributed by atoms with Crippen molar-refractivity contribution in [3.63, 3.8) is 0 Å². The molecule has 0 saturated carbocycles. The van der Waals surface area contributed by atoms with Crippen molar-refractivity contribution < 1.29 is 10.0 Å². The first-order valence-electron chi connectivity index (χ1n) is 5.65. The molecule has 2 amide bonds. The van der Waals surface area contributed by atoms with Crippen LogP contribution in [0.4, 0.5) is 10.5 Å². The Morgan fingerprint density at radius 3 is 2.50 bits per heavy atom. The van der Waals surface area contributed by atoms with E-state index in [0.29, 0.717) is 21.4 Å². The van der Waals surface area contributed by atoms with Crippen LogP contribution in [0.15, 0.2) is 30.5 Å². The van der Waals surface area contributed by atoms with Crippen molar-refractivity contribution in [3.8, 4) is 0 Å². The van der Waals surface area contributed by atoms with E-state index < -0.39 is 11.6 Å². The van der Waals surface area contributed by atoms with E-state index in [2.05, 4.69) is 22.7 Å². The van der Waals surface area contributed by atoms with Gasteiger partial charge in [-0.3, -0.25) is 16.1 Å². The number of hydroxylamine groups is 1. The highest BCUT2D eigenvalue weighted by molar-refractivity contribution is 6.42. The largest absolute Gasteiger partial charge is 0.333 e. The second-order valence-corrected chi connectivity index (χ2v) is 5.36. The van der Waals surface area contributed by atoms with Gasteiger partial charge in [-0.1, -0.05) is 29.8 Å². The van der Waals surface area contributed by atoms with Crippen molar-refractivity contribution in [1.29, 1.82) is 0 Å². The van der Waals surface area contributed by atoms with Gasteiger partial charge in [-0.2, -0.15) is 0 Å². The SMILES string of the molecule is C=C(NO)C(C)(C)NNC(=O)Nc1ccc(Cl)c(Cl)c1. The predicted octanol–water partition coefficient (Wildman–Crippen LogP) is 2.89. The summed E-state index contributed by atoms with van der Waals surface area (Å²) in [7, 11) is 0. The standard InChI is InChI=1S/C12H16Cl2N4O2/c1-7(17-20)12(2,3)18-16-11(19)15-8-4-5-9(13)10(14)6-8/h4-6,17-18,20H,1H2,2-3H3,(H2,15,16,19). The van der Waals surface area contributed by atoms with Gasteiger partial charge in [-0.25, -0.2) is 10.2 Å². The molecule has 1 aromatic rings. The lowest BCUT2D eigenvalue weighted by Gasteiger charge is -2.27. The second kappa shape index (κ2) is 6.81. The van der Waals surface area contributed by atoms with E-state index in [1.165, 1.54) is 6.07 Å². The molecule has 0 fully saturated rings. The zero-order valence-corrected chi connectivity index (χ0v) is 12.6. The van der Waals surface area contributed by atoms with E-state index in [0.717, 1.165) is 0 Å². The molecule has 0 unspecified atom stereocenters. The van der Waals surface area contributed by atoms with Gasteiger partial charge in [0.05, 0.1) is 21.3 Å². The highest BCUT2D eigenvalue weighted by Gasteiger charge is 2.21. The number of urea groups is 1. The number of carbonyl (C=O) groups excluding carboxylic acids is 1. The number of hydrogen-bond acceptors (Lipinski definition) is 4. The summed E-state index contributed by atoms with van der Waals surface area (Å²) < 4.78 is 0. The highest BCUT2D eigenvalue weighted by Crippen LogP contribution is 2.24. The van der Waals surface area contributed by atoms with E-state index in [1.54, 1.807) is 26.0 Å². The van der Waals surface area contributed by atoms with Gasteiger partial charge in [0, 0.05) is 5.69 Å². The molecular formula is C12H16Cl2N4O2. The molecule has 0 atom stereocenters. The Morgan fingerprint density at radius 2 is 1.95 bits per heavy atom. The monoisotopic (exact) mass is 318 g/mol. The molecule has 0 aliphatic carbocycles. The molecule has 0 heterocycles. The van der Waals surface area contributed by atoms with E-state index in [-0.39, 0.29) is 0 Å². The predicted molar refractivity (Wildman–Crippen MR) is 79.9 cm³/mol. The maximum atomic E-state index is 11.7. The Labute approximate surface area is 127 Å². The number of nitrogens with one attached hydrogen (secondary N) is 4. The zero-order valence-electron chi connectivity index (χ0n) is 11.1. The molecule has 20 heavy (non-hydrogen) atoms. The average Bonchev–Trinajstić information content (AvgIpc) is 2.40. The number of hydrazine groups is 1. The number of rotatable bonds is 5. The van der Waals surface area contributed by atoms with Crippen LogP contribution in [0.2, 0.25) is 10.0 Å². The number of hydrogen-bond donors (Lipinski definition) is 5. The quantitative estimate of drug-likeness (QED) is 0.540. The summed E-state index contributed by atoms with van der Waals surface area (Å²) >= 11 is 11.6. The van der Waals surface area contributed by atoms with Crippen LogP contribution >= 0.6 is 23.2 Å². The van der Waals surface area contributed by atoms with Crippen LogP contribution in [0.3, 0.4) is 0 Å². The molecule has 0 saturated heterocycles. The van der Waals surface area contributed by atoms with Gasteiger partial charge in [0.15, 0.2) is 0 Å². The molecule has 0 radical (unpaired) electrons. The molecule has 1 rings (SSSR count). The lowest BCUT2D eigenvalue weighted by molar-refractivity contribution is 0.173. The van der Waals surface area contributed by atoms with E-state index >= 15 is 0 Å². The summed E-state index contributed by atoms with van der Waals surface area (Å²) in [6, 6.07) is 4.23. The number of amides is 2. The molecule has 5 N–H and O–H groups in total. The van der Waals surface area contributed by atoms with Crippen molar-refractivity contribution >= 4 is 34.9 Å². The van der Waals surface area contributed by atoms with Gasteiger partial charge >= 0.3 is 6.03 Å². The first-order chi connectivity index (χ1) is 9.26. The van der Waals surface area contributed by atoms with E-state index in [4.69, 9.17) is 28.4 Å². The van der Waals surface area contributed by atoms with Crippen molar-refractivity contribution in [3.05, 3.63) is 40.5 Å². The second-order valence-electron chi connectivity index (χ2n) is 4.55. The van der Waals surface area contributed by atoms with Gasteiger partial charge < -0.3 is 5.32 Å². The third-order valence-electron chi connectivity index (χ3n) is 2.56. The Bertz CT molecular complexity index is 520. The van der Waals surface area contributed by atoms with Crippen LogP contribution < -0.4 is 21.6 Å². The fourth-order valence-corrected chi connectivity index (χ4v) is 1.46. The molecule has 6 nitrogen and oxygen atoms in total. The fourth-order valence-electron chi connectivity index (χ4n) is 1.16. The Morgan fingerprint density at radius 1 is 1.30 bits per heavy atom.